The molecule has 1 aliphatic rings. The molecule has 6 heteroatoms. The number of aryl methyl sites for hydroxylation is 1. The monoisotopic (exact) mass is 293 g/mol. The Bertz CT molecular complexity index is 540. The molecule has 2 aromatic rings. The van der Waals surface area contributed by atoms with Gasteiger partial charge in [0.15, 0.2) is 0 Å². The summed E-state index contributed by atoms with van der Waals surface area (Å²) in [5, 5.41) is 10.2. The maximum atomic E-state index is 5.61. The Morgan fingerprint density at radius 1 is 1.50 bits per heavy atom. The number of hydrogen-bond donors (Lipinski definition) is 0. The Kier molecular flexibility index (Phi) is 4.14. The summed E-state index contributed by atoms with van der Waals surface area (Å²) in [6.07, 6.45) is 2.22. The van der Waals surface area contributed by atoms with Gasteiger partial charge in [0.25, 0.3) is 0 Å². The molecular weight excluding hydrogens is 274 g/mol. The number of thiophene rings is 1. The molecule has 3 rings (SSSR count). The molecule has 0 spiro atoms. The first-order valence-corrected chi connectivity index (χ1v) is 7.73. The van der Waals surface area contributed by atoms with E-state index in [9.17, 15) is 0 Å². The first-order chi connectivity index (χ1) is 9.76. The van der Waals surface area contributed by atoms with E-state index in [0.29, 0.717) is 11.8 Å². The van der Waals surface area contributed by atoms with E-state index in [1.807, 2.05) is 6.92 Å². The van der Waals surface area contributed by atoms with Crippen molar-refractivity contribution >= 4 is 11.3 Å². The summed E-state index contributed by atoms with van der Waals surface area (Å²) in [5.74, 6) is 1.34. The normalized spacial score (nSPS) is 23.5. The zero-order valence-corrected chi connectivity index (χ0v) is 12.6. The number of ether oxygens (including phenoxy) is 1. The van der Waals surface area contributed by atoms with Crippen LogP contribution >= 0.6 is 11.3 Å². The Hall–Kier alpha value is -1.24. The second-order valence-electron chi connectivity index (χ2n) is 5.09. The van der Waals surface area contributed by atoms with Crippen LogP contribution in [0.25, 0.3) is 0 Å². The number of hydrogen-bond acceptors (Lipinski definition) is 6. The van der Waals surface area contributed by atoms with Crippen LogP contribution in [0.3, 0.4) is 0 Å². The van der Waals surface area contributed by atoms with Gasteiger partial charge < -0.3 is 9.15 Å². The molecule has 0 saturated carbocycles. The Labute approximate surface area is 122 Å². The molecule has 0 bridgehead atoms. The highest BCUT2D eigenvalue weighted by molar-refractivity contribution is 7.09. The zero-order valence-electron chi connectivity index (χ0n) is 11.8. The van der Waals surface area contributed by atoms with Gasteiger partial charge in [0.05, 0.1) is 12.1 Å². The summed E-state index contributed by atoms with van der Waals surface area (Å²) in [6.45, 7) is 3.75. The smallest absolute Gasteiger partial charge is 0.233 e. The molecule has 0 aliphatic carbocycles. The average molecular weight is 293 g/mol. The van der Waals surface area contributed by atoms with E-state index in [4.69, 9.17) is 9.15 Å². The Morgan fingerprint density at radius 2 is 2.40 bits per heavy atom. The second-order valence-corrected chi connectivity index (χ2v) is 6.13. The zero-order chi connectivity index (χ0) is 13.9. The Morgan fingerprint density at radius 3 is 3.05 bits per heavy atom. The number of methoxy groups -OCH3 is 1. The molecule has 108 valence electrons. The molecule has 0 unspecified atom stereocenters. The molecule has 0 amide bonds. The standard InChI is InChI=1S/C14H19N3O2S/c1-10-15-16-14(19-10)13-8-11(18-2)9-17(13)6-5-12-4-3-7-20-12/h3-4,7,11,13H,5-6,8-9H2,1-2H3/t11-,13+/m0/s1. The highest BCUT2D eigenvalue weighted by atomic mass is 32.1. The molecule has 1 aliphatic heterocycles. The van der Waals surface area contributed by atoms with E-state index < -0.39 is 0 Å². The quantitative estimate of drug-likeness (QED) is 0.847. The lowest BCUT2D eigenvalue weighted by Gasteiger charge is -2.20. The number of nitrogens with zero attached hydrogens (tertiary/aromatic N) is 3. The fraction of sp³-hybridized carbons (Fsp3) is 0.571. The predicted molar refractivity (Wildman–Crippen MR) is 76.8 cm³/mol. The van der Waals surface area contributed by atoms with Crippen LogP contribution in [0.5, 0.6) is 0 Å². The van der Waals surface area contributed by atoms with E-state index in [2.05, 4.69) is 32.6 Å². The highest BCUT2D eigenvalue weighted by Crippen LogP contribution is 2.32. The minimum atomic E-state index is 0.182. The van der Waals surface area contributed by atoms with Gasteiger partial charge in [-0.3, -0.25) is 4.90 Å². The number of rotatable bonds is 5. The van der Waals surface area contributed by atoms with Crippen molar-refractivity contribution in [1.82, 2.24) is 15.1 Å². The molecule has 20 heavy (non-hydrogen) atoms. The first-order valence-electron chi connectivity index (χ1n) is 6.85. The lowest BCUT2D eigenvalue weighted by atomic mass is 10.2. The third-order valence-corrected chi connectivity index (χ3v) is 4.69. The molecule has 2 atom stereocenters. The van der Waals surface area contributed by atoms with Gasteiger partial charge in [0.1, 0.15) is 0 Å². The summed E-state index contributed by atoms with van der Waals surface area (Å²) >= 11 is 1.80. The molecule has 3 heterocycles. The van der Waals surface area contributed by atoms with E-state index in [-0.39, 0.29) is 12.1 Å². The SMILES string of the molecule is CO[C@H]1C[C@H](c2nnc(C)o2)N(CCc2cccs2)C1. The van der Waals surface area contributed by atoms with Crippen molar-refractivity contribution in [2.45, 2.75) is 31.9 Å². The fourth-order valence-electron chi connectivity index (χ4n) is 2.69. The summed E-state index contributed by atoms with van der Waals surface area (Å²) in [5.41, 5.74) is 0. The van der Waals surface area contributed by atoms with Crippen LogP contribution in [0.1, 0.15) is 29.1 Å². The third-order valence-electron chi connectivity index (χ3n) is 3.75. The van der Waals surface area contributed by atoms with Crippen LogP contribution in [0.2, 0.25) is 0 Å². The van der Waals surface area contributed by atoms with Crippen molar-refractivity contribution < 1.29 is 9.15 Å². The lowest BCUT2D eigenvalue weighted by Crippen LogP contribution is -2.27. The van der Waals surface area contributed by atoms with Crippen molar-refractivity contribution in [2.24, 2.45) is 0 Å². The van der Waals surface area contributed by atoms with Crippen LogP contribution in [-0.4, -0.2) is 41.4 Å². The molecule has 0 aromatic carbocycles. The van der Waals surface area contributed by atoms with Crippen LogP contribution in [-0.2, 0) is 11.2 Å². The van der Waals surface area contributed by atoms with Gasteiger partial charge in [-0.15, -0.1) is 21.5 Å². The maximum Gasteiger partial charge on any atom is 0.233 e. The molecule has 0 radical (unpaired) electrons. The van der Waals surface area contributed by atoms with Gasteiger partial charge in [-0.25, -0.2) is 0 Å². The van der Waals surface area contributed by atoms with Crippen LogP contribution in [0.15, 0.2) is 21.9 Å². The van der Waals surface area contributed by atoms with Crippen molar-refractivity contribution in [3.8, 4) is 0 Å². The van der Waals surface area contributed by atoms with Gasteiger partial charge in [0, 0.05) is 32.0 Å². The van der Waals surface area contributed by atoms with Crippen molar-refractivity contribution in [2.75, 3.05) is 20.2 Å². The number of likely N-dealkylation sites (tertiary alicyclic amines) is 1. The largest absolute Gasteiger partial charge is 0.424 e. The van der Waals surface area contributed by atoms with Crippen LogP contribution in [0, 0.1) is 6.92 Å². The Balaban J connectivity index is 1.69. The van der Waals surface area contributed by atoms with E-state index in [1.165, 1.54) is 4.88 Å². The van der Waals surface area contributed by atoms with E-state index >= 15 is 0 Å². The first kappa shape index (κ1) is 13.7. The van der Waals surface area contributed by atoms with Gasteiger partial charge in [-0.2, -0.15) is 0 Å². The predicted octanol–water partition coefficient (Wildman–Crippen LogP) is 2.44. The molecule has 1 fully saturated rings. The van der Waals surface area contributed by atoms with Gasteiger partial charge in [0.2, 0.25) is 11.8 Å². The molecule has 0 N–H and O–H groups in total. The van der Waals surface area contributed by atoms with Gasteiger partial charge >= 0.3 is 0 Å². The second kappa shape index (κ2) is 6.03. The van der Waals surface area contributed by atoms with Crippen molar-refractivity contribution in [3.63, 3.8) is 0 Å². The molecule has 1 saturated heterocycles. The summed E-state index contributed by atoms with van der Waals surface area (Å²) in [4.78, 5) is 3.80. The third kappa shape index (κ3) is 2.92. The summed E-state index contributed by atoms with van der Waals surface area (Å²) in [7, 11) is 1.77. The molecular formula is C14H19N3O2S. The number of aromatic nitrogens is 2. The van der Waals surface area contributed by atoms with Crippen molar-refractivity contribution in [3.05, 3.63) is 34.2 Å². The minimum absolute atomic E-state index is 0.182. The minimum Gasteiger partial charge on any atom is -0.424 e. The fourth-order valence-corrected chi connectivity index (χ4v) is 3.39. The molecule has 2 aromatic heterocycles. The highest BCUT2D eigenvalue weighted by Gasteiger charge is 2.36. The van der Waals surface area contributed by atoms with E-state index in [0.717, 1.165) is 25.9 Å². The summed E-state index contributed by atoms with van der Waals surface area (Å²) < 4.78 is 11.1. The van der Waals surface area contributed by atoms with Crippen molar-refractivity contribution in [1.29, 1.82) is 0 Å². The van der Waals surface area contributed by atoms with Crippen LogP contribution < -0.4 is 0 Å². The molecule has 5 nitrogen and oxygen atoms in total. The summed E-state index contributed by atoms with van der Waals surface area (Å²) in [6, 6.07) is 4.46. The van der Waals surface area contributed by atoms with Crippen LogP contribution in [0.4, 0.5) is 0 Å². The topological polar surface area (TPSA) is 51.4 Å². The van der Waals surface area contributed by atoms with Gasteiger partial charge in [-0.1, -0.05) is 6.07 Å². The average Bonchev–Trinajstić information content (AvgIpc) is 3.16. The maximum absolute atomic E-state index is 5.61. The van der Waals surface area contributed by atoms with Gasteiger partial charge in [-0.05, 0) is 24.3 Å². The lowest BCUT2D eigenvalue weighted by molar-refractivity contribution is 0.108. The van der Waals surface area contributed by atoms with E-state index in [1.54, 1.807) is 18.4 Å².